The molecule has 0 radical (unpaired) electrons. The summed E-state index contributed by atoms with van der Waals surface area (Å²) < 4.78 is 10.1. The van der Waals surface area contributed by atoms with Gasteiger partial charge in [0, 0.05) is 51.6 Å². The number of amides is 1. The molecule has 3 heterocycles. The Bertz CT molecular complexity index is 620. The summed E-state index contributed by atoms with van der Waals surface area (Å²) in [7, 11) is 3.16. The number of hydrogen-bond donors (Lipinski definition) is 0. The Kier molecular flexibility index (Phi) is 6.21. The molecule has 0 bridgehead atoms. The zero-order valence-electron chi connectivity index (χ0n) is 15.5. The molecule has 2 aliphatic rings. The van der Waals surface area contributed by atoms with Gasteiger partial charge in [-0.05, 0) is 37.8 Å². The molecule has 7 heteroatoms. The van der Waals surface area contributed by atoms with E-state index in [0.717, 1.165) is 52.0 Å². The van der Waals surface area contributed by atoms with Crippen LogP contribution >= 0.6 is 0 Å². The van der Waals surface area contributed by atoms with Crippen LogP contribution in [0.15, 0.2) is 18.3 Å². The van der Waals surface area contributed by atoms with Crippen molar-refractivity contribution < 1.29 is 19.1 Å². The van der Waals surface area contributed by atoms with Gasteiger partial charge in [0.2, 0.25) is 0 Å². The van der Waals surface area contributed by atoms with E-state index in [0.29, 0.717) is 11.6 Å². The Morgan fingerprint density at radius 3 is 2.46 bits per heavy atom. The van der Waals surface area contributed by atoms with E-state index in [1.165, 1.54) is 19.4 Å². The highest BCUT2D eigenvalue weighted by Crippen LogP contribution is 2.23. The molecule has 3 rings (SSSR count). The van der Waals surface area contributed by atoms with Gasteiger partial charge in [-0.25, -0.2) is 9.78 Å². The second-order valence-electron chi connectivity index (χ2n) is 6.95. The minimum atomic E-state index is -0.502. The molecular formula is C19H27N3O4. The van der Waals surface area contributed by atoms with Crippen molar-refractivity contribution in [3.8, 4) is 0 Å². The fourth-order valence-corrected chi connectivity index (χ4v) is 3.80. The number of nitrogens with zero attached hydrogens (tertiary/aromatic N) is 3. The lowest BCUT2D eigenvalue weighted by molar-refractivity contribution is 0.0159. The zero-order valence-corrected chi connectivity index (χ0v) is 15.5. The second-order valence-corrected chi connectivity index (χ2v) is 6.95. The molecule has 7 nitrogen and oxygen atoms in total. The third-order valence-corrected chi connectivity index (χ3v) is 5.48. The van der Waals surface area contributed by atoms with Crippen LogP contribution in [0.3, 0.4) is 0 Å². The maximum absolute atomic E-state index is 12.7. The highest BCUT2D eigenvalue weighted by Gasteiger charge is 2.30. The van der Waals surface area contributed by atoms with Gasteiger partial charge in [-0.3, -0.25) is 4.79 Å². The van der Waals surface area contributed by atoms with Gasteiger partial charge in [-0.2, -0.15) is 0 Å². The molecule has 0 unspecified atom stereocenters. The standard InChI is InChI=1S/C19H27N3O4/c1-21(18(23)14-3-4-17(20-13-14)19(24)25-2)15-5-9-22(10-6-15)16-7-11-26-12-8-16/h3-4,13,15-16H,5-12H2,1-2H3. The van der Waals surface area contributed by atoms with Gasteiger partial charge in [0.15, 0.2) is 0 Å². The lowest BCUT2D eigenvalue weighted by Gasteiger charge is -2.41. The molecule has 142 valence electrons. The van der Waals surface area contributed by atoms with Gasteiger partial charge < -0.3 is 19.3 Å². The normalized spacial score (nSPS) is 19.9. The maximum Gasteiger partial charge on any atom is 0.356 e. The number of hydrogen-bond acceptors (Lipinski definition) is 6. The van der Waals surface area contributed by atoms with E-state index in [1.807, 2.05) is 11.9 Å². The van der Waals surface area contributed by atoms with E-state index in [9.17, 15) is 9.59 Å². The van der Waals surface area contributed by atoms with Crippen LogP contribution in [0.4, 0.5) is 0 Å². The number of ether oxygens (including phenoxy) is 2. The van der Waals surface area contributed by atoms with Crippen LogP contribution < -0.4 is 0 Å². The molecule has 0 saturated carbocycles. The van der Waals surface area contributed by atoms with Crippen molar-refractivity contribution >= 4 is 11.9 Å². The summed E-state index contributed by atoms with van der Waals surface area (Å²) in [5.74, 6) is -0.559. The van der Waals surface area contributed by atoms with E-state index < -0.39 is 5.97 Å². The van der Waals surface area contributed by atoms with Gasteiger partial charge in [0.05, 0.1) is 12.7 Å². The van der Waals surface area contributed by atoms with Crippen LogP contribution in [-0.2, 0) is 9.47 Å². The monoisotopic (exact) mass is 361 g/mol. The molecule has 1 amide bonds. The minimum Gasteiger partial charge on any atom is -0.464 e. The van der Waals surface area contributed by atoms with Crippen molar-refractivity contribution in [2.45, 2.75) is 37.8 Å². The van der Waals surface area contributed by atoms with E-state index >= 15 is 0 Å². The first-order valence-electron chi connectivity index (χ1n) is 9.23. The number of esters is 1. The van der Waals surface area contributed by atoms with Crippen LogP contribution in [0.1, 0.15) is 46.5 Å². The summed E-state index contributed by atoms with van der Waals surface area (Å²) in [5.41, 5.74) is 0.698. The lowest BCUT2D eigenvalue weighted by Crippen LogP contribution is -2.49. The first kappa shape index (κ1) is 18.8. The molecular weight excluding hydrogens is 334 g/mol. The summed E-state index contributed by atoms with van der Waals surface area (Å²) in [6.45, 7) is 3.76. The van der Waals surface area contributed by atoms with Crippen molar-refractivity contribution in [2.75, 3.05) is 40.5 Å². The largest absolute Gasteiger partial charge is 0.464 e. The molecule has 1 aromatic heterocycles. The molecule has 26 heavy (non-hydrogen) atoms. The van der Waals surface area contributed by atoms with Crippen LogP contribution in [0.2, 0.25) is 0 Å². The smallest absolute Gasteiger partial charge is 0.356 e. The van der Waals surface area contributed by atoms with Gasteiger partial charge in [0.1, 0.15) is 5.69 Å². The molecule has 2 aliphatic heterocycles. The van der Waals surface area contributed by atoms with Crippen molar-refractivity contribution in [3.63, 3.8) is 0 Å². The summed E-state index contributed by atoms with van der Waals surface area (Å²) in [4.78, 5) is 32.6. The molecule has 0 aromatic carbocycles. The Labute approximate surface area is 154 Å². The van der Waals surface area contributed by atoms with Gasteiger partial charge >= 0.3 is 5.97 Å². The average Bonchev–Trinajstić information content (AvgIpc) is 2.73. The topological polar surface area (TPSA) is 72.0 Å². The van der Waals surface area contributed by atoms with E-state index in [2.05, 4.69) is 14.6 Å². The van der Waals surface area contributed by atoms with Crippen LogP contribution in [0, 0.1) is 0 Å². The number of carbonyl (C=O) groups excluding carboxylic acids is 2. The number of carbonyl (C=O) groups is 2. The molecule has 1 aromatic rings. The first-order valence-corrected chi connectivity index (χ1v) is 9.23. The van der Waals surface area contributed by atoms with Crippen molar-refractivity contribution in [2.24, 2.45) is 0 Å². The average molecular weight is 361 g/mol. The quantitative estimate of drug-likeness (QED) is 0.759. The Balaban J connectivity index is 1.55. The Morgan fingerprint density at radius 2 is 1.88 bits per heavy atom. The minimum absolute atomic E-state index is 0.0570. The fraction of sp³-hybridized carbons (Fsp3) is 0.632. The number of rotatable bonds is 4. The number of aromatic nitrogens is 1. The fourth-order valence-electron chi connectivity index (χ4n) is 3.80. The van der Waals surface area contributed by atoms with Gasteiger partial charge in [-0.1, -0.05) is 0 Å². The van der Waals surface area contributed by atoms with Crippen molar-refractivity contribution in [1.82, 2.24) is 14.8 Å². The summed E-state index contributed by atoms with van der Waals surface area (Å²) in [6.07, 6.45) is 5.62. The number of likely N-dealkylation sites (tertiary alicyclic amines) is 1. The van der Waals surface area contributed by atoms with E-state index in [4.69, 9.17) is 4.74 Å². The third-order valence-electron chi connectivity index (χ3n) is 5.48. The van der Waals surface area contributed by atoms with E-state index in [-0.39, 0.29) is 17.6 Å². The highest BCUT2D eigenvalue weighted by molar-refractivity contribution is 5.95. The molecule has 2 fully saturated rings. The van der Waals surface area contributed by atoms with Crippen molar-refractivity contribution in [3.05, 3.63) is 29.6 Å². The summed E-state index contributed by atoms with van der Waals surface area (Å²) >= 11 is 0. The molecule has 0 spiro atoms. The summed E-state index contributed by atoms with van der Waals surface area (Å²) in [6, 6.07) is 4.02. The Morgan fingerprint density at radius 1 is 1.19 bits per heavy atom. The first-order chi connectivity index (χ1) is 12.6. The van der Waals surface area contributed by atoms with Crippen molar-refractivity contribution in [1.29, 1.82) is 0 Å². The van der Waals surface area contributed by atoms with Gasteiger partial charge in [0.25, 0.3) is 5.91 Å². The van der Waals surface area contributed by atoms with Crippen LogP contribution in [-0.4, -0.2) is 79.2 Å². The molecule has 0 N–H and O–H groups in total. The van der Waals surface area contributed by atoms with Gasteiger partial charge in [-0.15, -0.1) is 0 Å². The molecule has 0 atom stereocenters. The third kappa shape index (κ3) is 4.22. The zero-order chi connectivity index (χ0) is 18.5. The number of piperidine rings is 1. The predicted molar refractivity (Wildman–Crippen MR) is 96.1 cm³/mol. The lowest BCUT2D eigenvalue weighted by atomic mass is 9.98. The number of pyridine rings is 1. The maximum atomic E-state index is 12.7. The molecule has 2 saturated heterocycles. The SMILES string of the molecule is COC(=O)c1ccc(C(=O)N(C)C2CCN(C3CCOCC3)CC2)cn1. The highest BCUT2D eigenvalue weighted by atomic mass is 16.5. The van der Waals surface area contributed by atoms with E-state index in [1.54, 1.807) is 6.07 Å². The van der Waals surface area contributed by atoms with Crippen LogP contribution in [0.25, 0.3) is 0 Å². The predicted octanol–water partition coefficient (Wildman–Crippen LogP) is 1.58. The molecule has 0 aliphatic carbocycles. The summed E-state index contributed by atoms with van der Waals surface area (Å²) in [5, 5.41) is 0. The Hall–Kier alpha value is -1.99. The number of methoxy groups -OCH3 is 1. The second kappa shape index (κ2) is 8.60. The van der Waals surface area contributed by atoms with Crippen LogP contribution in [0.5, 0.6) is 0 Å².